The first kappa shape index (κ1) is 42.3. The number of fused-ring (bicyclic) bond motifs is 3. The van der Waals surface area contributed by atoms with Gasteiger partial charge in [0.1, 0.15) is 23.7 Å². The second-order valence-corrected chi connectivity index (χ2v) is 22.4. The molecule has 3 aromatic carbocycles. The fourth-order valence-electron chi connectivity index (χ4n) is 8.45. The largest absolute Gasteiger partial charge is 0.453 e. The molecule has 0 unspecified atom stereocenters. The number of benzene rings is 3. The molecule has 2 aromatic heterocycles. The van der Waals surface area contributed by atoms with Gasteiger partial charge in [-0.25, -0.2) is 28.3 Å². The minimum Gasteiger partial charge on any atom is -0.453 e. The molecule has 14 nitrogen and oxygen atoms in total. The van der Waals surface area contributed by atoms with Gasteiger partial charge >= 0.3 is 12.2 Å². The van der Waals surface area contributed by atoms with Crippen LogP contribution in [0.15, 0.2) is 60.8 Å². The summed E-state index contributed by atoms with van der Waals surface area (Å²) in [5.74, 6) is -3.47. The SMILES string of the molecule is COC(=O)N[C@H](C(=O)N1C[Si](C)(C)C[C@H]1c1ncc(-c2ccc(-c3ccc4c(ccc5[nH]c([C@@H]6CC(F)(F)CN6C(=O)[C@@H](NC(=O)OC)C(C)C)nc54)c3)cc2)[nH]1)C(C)C. The summed E-state index contributed by atoms with van der Waals surface area (Å²) in [5.41, 5.74) is 4.94. The van der Waals surface area contributed by atoms with Crippen LogP contribution in [0.5, 0.6) is 0 Å². The zero-order valence-electron chi connectivity index (χ0n) is 35.1. The minimum absolute atomic E-state index is 0.136. The molecular weight excluding hydrogens is 791 g/mol. The van der Waals surface area contributed by atoms with Crippen molar-refractivity contribution in [1.82, 2.24) is 40.4 Å². The van der Waals surface area contributed by atoms with Gasteiger partial charge in [-0.05, 0) is 52.1 Å². The molecule has 7 rings (SSSR count). The Morgan fingerprint density at radius 2 is 1.40 bits per heavy atom. The third-order valence-corrected chi connectivity index (χ3v) is 14.3. The first-order chi connectivity index (χ1) is 28.4. The Kier molecular flexibility index (Phi) is 11.5. The maximum absolute atomic E-state index is 15.0. The second kappa shape index (κ2) is 16.3. The van der Waals surface area contributed by atoms with Gasteiger partial charge in [0.2, 0.25) is 11.8 Å². The molecule has 0 radical (unpaired) electrons. The van der Waals surface area contributed by atoms with Gasteiger partial charge < -0.3 is 39.9 Å². The van der Waals surface area contributed by atoms with E-state index < -0.39 is 63.2 Å². The van der Waals surface area contributed by atoms with Crippen molar-refractivity contribution in [1.29, 1.82) is 0 Å². The smallest absolute Gasteiger partial charge is 0.407 e. The van der Waals surface area contributed by atoms with E-state index in [1.165, 1.54) is 14.2 Å². The van der Waals surface area contributed by atoms with Gasteiger partial charge in [-0.3, -0.25) is 9.59 Å². The average molecular weight is 843 g/mol. The van der Waals surface area contributed by atoms with Crippen LogP contribution in [0.25, 0.3) is 44.2 Å². The third kappa shape index (κ3) is 8.44. The molecular formula is C43H52F2N8O6Si. The molecule has 2 fully saturated rings. The molecule has 318 valence electrons. The zero-order chi connectivity index (χ0) is 43.3. The van der Waals surface area contributed by atoms with Crippen LogP contribution in [-0.2, 0) is 19.1 Å². The number of carbonyl (C=O) groups excluding carboxylic acids is 4. The average Bonchev–Trinajstić information content (AvgIpc) is 4.01. The fourth-order valence-corrected chi connectivity index (χ4v) is 11.3. The van der Waals surface area contributed by atoms with Gasteiger partial charge in [-0.15, -0.1) is 0 Å². The highest BCUT2D eigenvalue weighted by atomic mass is 28.3. The lowest BCUT2D eigenvalue weighted by Crippen LogP contribution is -2.52. The first-order valence-corrected chi connectivity index (χ1v) is 23.6. The highest BCUT2D eigenvalue weighted by Crippen LogP contribution is 2.42. The summed E-state index contributed by atoms with van der Waals surface area (Å²) < 4.78 is 39.4. The van der Waals surface area contributed by atoms with Crippen molar-refractivity contribution in [3.8, 4) is 22.4 Å². The van der Waals surface area contributed by atoms with E-state index in [1.54, 1.807) is 20.0 Å². The Bertz CT molecular complexity index is 2430. The molecule has 17 heteroatoms. The highest BCUT2D eigenvalue weighted by Gasteiger charge is 2.50. The van der Waals surface area contributed by atoms with Gasteiger partial charge in [0.05, 0.1) is 63.8 Å². The number of nitrogens with one attached hydrogen (secondary N) is 4. The van der Waals surface area contributed by atoms with Gasteiger partial charge in [0.25, 0.3) is 5.92 Å². The Morgan fingerprint density at radius 3 is 2.02 bits per heavy atom. The Balaban J connectivity index is 1.11. The normalized spacial score (nSPS) is 19.5. The highest BCUT2D eigenvalue weighted by molar-refractivity contribution is 6.78. The van der Waals surface area contributed by atoms with E-state index in [-0.39, 0.29) is 29.6 Å². The maximum atomic E-state index is 15.0. The van der Waals surface area contributed by atoms with Crippen LogP contribution in [0.3, 0.4) is 0 Å². The van der Waals surface area contributed by atoms with E-state index in [1.807, 2.05) is 67.3 Å². The van der Waals surface area contributed by atoms with E-state index in [0.717, 1.165) is 44.1 Å². The van der Waals surface area contributed by atoms with Crippen molar-refractivity contribution in [3.05, 3.63) is 72.4 Å². The standard InChI is InChI=1S/C43H52F2N8O6Si/c1-23(2)34(50-41(56)58-5)39(54)52-21-43(44,45)18-32(52)38-47-30-16-14-28-17-27(13-15-29(28)36(30)49-38)25-9-11-26(12-10-25)31-19-46-37(48-31)33-20-60(7,8)22-53(33)40(55)35(24(3)4)51-42(57)59-6/h9-17,19,23-24,32-35H,18,20-22H2,1-8H3,(H,46,48)(H,47,49)(H,50,56)(H,51,57)/t32-,33-,34-,35-/m0/s1. The molecule has 2 saturated heterocycles. The van der Waals surface area contributed by atoms with Gasteiger partial charge in [-0.1, -0.05) is 83.3 Å². The van der Waals surface area contributed by atoms with Crippen LogP contribution >= 0.6 is 0 Å². The number of halogens is 2. The maximum Gasteiger partial charge on any atom is 0.407 e. The number of H-pyrrole nitrogens is 2. The number of aromatic nitrogens is 4. The van der Waals surface area contributed by atoms with E-state index in [9.17, 15) is 28.0 Å². The van der Waals surface area contributed by atoms with Crippen molar-refractivity contribution in [2.45, 2.75) is 83.3 Å². The lowest BCUT2D eigenvalue weighted by Gasteiger charge is -2.30. The summed E-state index contributed by atoms with van der Waals surface area (Å²) >= 11 is 0. The quantitative estimate of drug-likeness (QED) is 0.104. The Labute approximate surface area is 347 Å². The molecule has 2 aliphatic heterocycles. The topological polar surface area (TPSA) is 175 Å². The number of methoxy groups -OCH3 is 2. The van der Waals surface area contributed by atoms with E-state index in [0.29, 0.717) is 23.0 Å². The predicted molar refractivity (Wildman–Crippen MR) is 226 cm³/mol. The number of imidazole rings is 2. The zero-order valence-corrected chi connectivity index (χ0v) is 36.1. The predicted octanol–water partition coefficient (Wildman–Crippen LogP) is 7.57. The number of hydrogen-bond acceptors (Lipinski definition) is 8. The van der Waals surface area contributed by atoms with Crippen molar-refractivity contribution in [3.63, 3.8) is 0 Å². The number of aromatic amines is 2. The first-order valence-electron chi connectivity index (χ1n) is 20.1. The summed E-state index contributed by atoms with van der Waals surface area (Å²) in [4.78, 5) is 70.8. The number of likely N-dealkylation sites (tertiary alicyclic amines) is 1. The van der Waals surface area contributed by atoms with E-state index in [2.05, 4.69) is 44.5 Å². The van der Waals surface area contributed by atoms with Crippen LogP contribution in [-0.4, -0.2) is 107 Å². The number of hydrogen-bond donors (Lipinski definition) is 4. The number of rotatable bonds is 10. The minimum atomic E-state index is -3.14. The third-order valence-electron chi connectivity index (χ3n) is 11.6. The molecule has 4 atom stereocenters. The van der Waals surface area contributed by atoms with Crippen LogP contribution in [0.4, 0.5) is 18.4 Å². The molecule has 0 aliphatic carbocycles. The van der Waals surface area contributed by atoms with Gasteiger partial charge in [0.15, 0.2) is 0 Å². The fraction of sp³-hybridized carbons (Fsp3) is 0.442. The van der Waals surface area contributed by atoms with Crippen LogP contribution < -0.4 is 10.6 Å². The van der Waals surface area contributed by atoms with Crippen molar-refractivity contribution >= 4 is 53.9 Å². The molecule has 2 aliphatic rings. The Morgan fingerprint density at radius 1 is 0.800 bits per heavy atom. The van der Waals surface area contributed by atoms with Crippen LogP contribution in [0.1, 0.15) is 57.8 Å². The molecule has 0 spiro atoms. The number of ether oxygens (including phenoxy) is 2. The molecule has 60 heavy (non-hydrogen) atoms. The molecule has 4 N–H and O–H groups in total. The molecule has 0 bridgehead atoms. The monoisotopic (exact) mass is 842 g/mol. The van der Waals surface area contributed by atoms with Crippen molar-refractivity contribution in [2.75, 3.05) is 26.9 Å². The summed E-state index contributed by atoms with van der Waals surface area (Å²) in [6.45, 7) is 11.0. The number of amides is 4. The van der Waals surface area contributed by atoms with Crippen molar-refractivity contribution < 1.29 is 37.4 Å². The molecule has 0 saturated carbocycles. The second-order valence-electron chi connectivity index (χ2n) is 17.4. The van der Waals surface area contributed by atoms with Gasteiger partial charge in [-0.2, -0.15) is 0 Å². The number of alkyl halides is 2. The summed E-state index contributed by atoms with van der Waals surface area (Å²) in [5, 5.41) is 6.94. The lowest BCUT2D eigenvalue weighted by atomic mass is 9.99. The summed E-state index contributed by atoms with van der Waals surface area (Å²) in [6.07, 6.45) is 0.380. The molecule has 4 heterocycles. The summed E-state index contributed by atoms with van der Waals surface area (Å²) in [7, 11) is 0.678. The van der Waals surface area contributed by atoms with Gasteiger partial charge in [0, 0.05) is 18.0 Å². The Hall–Kier alpha value is -5.84. The number of nitrogens with zero attached hydrogens (tertiary/aromatic N) is 4. The van der Waals surface area contributed by atoms with Crippen LogP contribution in [0.2, 0.25) is 19.1 Å². The van der Waals surface area contributed by atoms with E-state index >= 15 is 0 Å². The lowest BCUT2D eigenvalue weighted by molar-refractivity contribution is -0.137. The number of alkyl carbamates (subject to hydrolysis) is 2. The summed E-state index contributed by atoms with van der Waals surface area (Å²) in [6, 6.07) is 15.7. The van der Waals surface area contributed by atoms with Crippen LogP contribution in [0, 0.1) is 11.8 Å². The number of carbonyl (C=O) groups is 4. The van der Waals surface area contributed by atoms with E-state index in [4.69, 9.17) is 14.7 Å². The van der Waals surface area contributed by atoms with Crippen molar-refractivity contribution in [2.24, 2.45) is 11.8 Å². The molecule has 5 aromatic rings. The molecule has 4 amide bonds.